The standard InChI is InChI=1S/C33H30F3N3O8S2/c1-46-20-10-14(7-8-19(20)47-13-21(40)37-16-5-2-4-15(11-16)33(34,35)36)23-24-17-12-18(27(24)48-29-28(23)49-32(45)38-29)26-25(17)30(43)39(31(26)44)9-3-6-22(41)42/h2,4-5,7-8,10-11,17-18,23-27H,3,6,9,12-13H2,1H3,(H,37,40)(H,38,45)(H,41,42)/t17?,18?,23-,24?,25?,26?,27?/m1/s1. The van der Waals surface area contributed by atoms with Gasteiger partial charge < -0.3 is 24.9 Å². The number of methoxy groups -OCH3 is 1. The largest absolute Gasteiger partial charge is 0.493 e. The number of carboxylic acids is 1. The zero-order valence-electron chi connectivity index (χ0n) is 25.8. The highest BCUT2D eigenvalue weighted by Crippen LogP contribution is 2.68. The third-order valence-electron chi connectivity index (χ3n) is 9.97. The Morgan fingerprint density at radius 3 is 2.53 bits per heavy atom. The van der Waals surface area contributed by atoms with E-state index < -0.39 is 42.1 Å². The maximum absolute atomic E-state index is 13.7. The fourth-order valence-electron chi connectivity index (χ4n) is 8.17. The molecule has 0 spiro atoms. The van der Waals surface area contributed by atoms with E-state index >= 15 is 0 Å². The molecule has 2 saturated carbocycles. The summed E-state index contributed by atoms with van der Waals surface area (Å²) in [4.78, 5) is 68.2. The Bertz CT molecular complexity index is 1910. The number of carbonyl (C=O) groups excluding carboxylic acids is 3. The number of aromatic amines is 1. The van der Waals surface area contributed by atoms with Crippen LogP contribution in [0.25, 0.3) is 0 Å². The van der Waals surface area contributed by atoms with E-state index in [1.165, 1.54) is 24.1 Å². The molecule has 3 N–H and O–H groups in total. The van der Waals surface area contributed by atoms with Gasteiger partial charge in [-0.1, -0.05) is 23.5 Å². The summed E-state index contributed by atoms with van der Waals surface area (Å²) in [5.41, 5.74) is -0.135. The van der Waals surface area contributed by atoms with Gasteiger partial charge in [-0.3, -0.25) is 28.9 Å². The van der Waals surface area contributed by atoms with Crippen LogP contribution >= 0.6 is 23.1 Å². The molecule has 4 aliphatic rings. The number of ether oxygens (including phenoxy) is 2. The number of hydrogen-bond acceptors (Lipinski definition) is 9. The Hall–Kier alpha value is -4.31. The molecular formula is C33H30F3N3O8S2. The van der Waals surface area contributed by atoms with Crippen LogP contribution < -0.4 is 19.7 Å². The lowest BCUT2D eigenvalue weighted by Crippen LogP contribution is -2.42. The number of anilines is 1. The number of halogens is 3. The third kappa shape index (κ3) is 5.87. The van der Waals surface area contributed by atoms with Crippen LogP contribution in [0.1, 0.15) is 41.2 Å². The molecule has 49 heavy (non-hydrogen) atoms. The number of imide groups is 1. The van der Waals surface area contributed by atoms with Gasteiger partial charge in [0, 0.05) is 34.7 Å². The minimum Gasteiger partial charge on any atom is -0.493 e. The first-order valence-electron chi connectivity index (χ1n) is 15.6. The molecule has 16 heteroatoms. The monoisotopic (exact) mass is 717 g/mol. The van der Waals surface area contributed by atoms with Crippen LogP contribution in [0.3, 0.4) is 0 Å². The van der Waals surface area contributed by atoms with Crippen LogP contribution in [-0.2, 0) is 25.4 Å². The zero-order valence-corrected chi connectivity index (χ0v) is 27.5. The van der Waals surface area contributed by atoms with Gasteiger partial charge in [0.1, 0.15) is 0 Å². The summed E-state index contributed by atoms with van der Waals surface area (Å²) >= 11 is 2.64. The predicted octanol–water partition coefficient (Wildman–Crippen LogP) is 4.82. The van der Waals surface area contributed by atoms with E-state index in [2.05, 4.69) is 10.3 Å². The summed E-state index contributed by atoms with van der Waals surface area (Å²) in [6.07, 6.45) is -3.83. The van der Waals surface area contributed by atoms with E-state index in [1.54, 1.807) is 30.0 Å². The number of fused-ring (bicyclic) bond motifs is 9. The van der Waals surface area contributed by atoms with E-state index in [-0.39, 0.29) is 76.4 Å². The van der Waals surface area contributed by atoms with Crippen LogP contribution in [0, 0.1) is 29.6 Å². The molecule has 2 aliphatic carbocycles. The van der Waals surface area contributed by atoms with Gasteiger partial charge >= 0.3 is 17.0 Å². The molecule has 2 bridgehead atoms. The van der Waals surface area contributed by atoms with Crippen molar-refractivity contribution < 1.29 is 46.9 Å². The molecule has 7 atom stereocenters. The Labute approximate surface area is 285 Å². The van der Waals surface area contributed by atoms with Gasteiger partial charge in [-0.15, -0.1) is 11.8 Å². The summed E-state index contributed by atoms with van der Waals surface area (Å²) in [7, 11) is 1.43. The van der Waals surface area contributed by atoms with Crippen molar-refractivity contribution >= 4 is 52.5 Å². The van der Waals surface area contributed by atoms with Gasteiger partial charge in [-0.25, -0.2) is 0 Å². The van der Waals surface area contributed by atoms with Crippen LogP contribution in [0.2, 0.25) is 0 Å². The van der Waals surface area contributed by atoms with E-state index in [9.17, 15) is 37.1 Å². The number of aliphatic carboxylic acids is 1. The molecule has 1 aromatic heterocycles. The molecule has 1 saturated heterocycles. The average molecular weight is 718 g/mol. The first-order valence-corrected chi connectivity index (χ1v) is 17.3. The number of likely N-dealkylation sites (tertiary alicyclic amines) is 1. The van der Waals surface area contributed by atoms with Gasteiger partial charge in [-0.05, 0) is 66.5 Å². The predicted molar refractivity (Wildman–Crippen MR) is 171 cm³/mol. The van der Waals surface area contributed by atoms with Crippen molar-refractivity contribution in [2.45, 2.75) is 41.6 Å². The van der Waals surface area contributed by atoms with Crippen LogP contribution in [0.5, 0.6) is 11.5 Å². The van der Waals surface area contributed by atoms with Crippen molar-refractivity contribution in [1.29, 1.82) is 0 Å². The first-order chi connectivity index (χ1) is 23.3. The maximum atomic E-state index is 13.7. The number of hydrogen-bond donors (Lipinski definition) is 3. The smallest absolute Gasteiger partial charge is 0.416 e. The summed E-state index contributed by atoms with van der Waals surface area (Å²) in [6.45, 7) is -0.439. The third-order valence-corrected chi connectivity index (χ3v) is 12.6. The zero-order chi connectivity index (χ0) is 34.8. The number of amides is 3. The molecule has 3 amide bonds. The Kier molecular flexibility index (Phi) is 8.49. The quantitative estimate of drug-likeness (QED) is 0.251. The number of H-pyrrole nitrogens is 1. The SMILES string of the molecule is COc1cc([C@H]2c3sc(=O)[nH]c3SC3C4CC(C5C(=O)N(CCCC(=O)O)C(=O)C45)C32)ccc1OCC(=O)Nc1cccc(C(F)(F)F)c1. The molecule has 3 heterocycles. The first kappa shape index (κ1) is 33.2. The van der Waals surface area contributed by atoms with Crippen molar-refractivity contribution in [3.05, 3.63) is 68.1 Å². The van der Waals surface area contributed by atoms with Crippen LogP contribution in [0.4, 0.5) is 18.9 Å². The lowest BCUT2D eigenvalue weighted by molar-refractivity contribution is -0.143. The summed E-state index contributed by atoms with van der Waals surface area (Å²) in [6, 6.07) is 9.45. The van der Waals surface area contributed by atoms with Crippen molar-refractivity contribution in [2.24, 2.45) is 29.6 Å². The molecule has 11 nitrogen and oxygen atoms in total. The van der Waals surface area contributed by atoms with Crippen molar-refractivity contribution in [2.75, 3.05) is 25.6 Å². The van der Waals surface area contributed by atoms with Gasteiger partial charge in [0.15, 0.2) is 18.1 Å². The second-order valence-corrected chi connectivity index (χ2v) is 14.8. The van der Waals surface area contributed by atoms with Crippen molar-refractivity contribution in [3.8, 4) is 11.5 Å². The lowest BCUT2D eigenvalue weighted by Gasteiger charge is -2.43. The van der Waals surface area contributed by atoms with Crippen molar-refractivity contribution in [1.82, 2.24) is 9.88 Å². The van der Waals surface area contributed by atoms with Crippen molar-refractivity contribution in [3.63, 3.8) is 0 Å². The number of thiazole rings is 1. The maximum Gasteiger partial charge on any atom is 0.416 e. The number of carbonyl (C=O) groups is 4. The second kappa shape index (κ2) is 12.5. The highest BCUT2D eigenvalue weighted by atomic mass is 32.2. The molecule has 0 radical (unpaired) electrons. The number of aromatic nitrogens is 1. The molecular weight excluding hydrogens is 688 g/mol. The number of nitrogens with one attached hydrogen (secondary N) is 2. The number of carboxylic acid groups (broad SMARTS) is 1. The molecule has 3 fully saturated rings. The van der Waals surface area contributed by atoms with E-state index in [4.69, 9.17) is 14.6 Å². The number of thioether (sulfide) groups is 1. The molecule has 3 aromatic rings. The van der Waals surface area contributed by atoms with Crippen LogP contribution in [-0.4, -0.2) is 64.2 Å². The molecule has 2 aromatic carbocycles. The van der Waals surface area contributed by atoms with Gasteiger partial charge in [0.05, 0.1) is 29.5 Å². The topological polar surface area (TPSA) is 155 Å². The lowest BCUT2D eigenvalue weighted by atomic mass is 9.68. The highest BCUT2D eigenvalue weighted by Gasteiger charge is 2.69. The fraction of sp³-hybridized carbons (Fsp3) is 0.424. The number of benzene rings is 2. The Morgan fingerprint density at radius 1 is 1.06 bits per heavy atom. The number of alkyl halides is 3. The van der Waals surface area contributed by atoms with E-state index in [1.807, 2.05) is 0 Å². The Morgan fingerprint density at radius 2 is 1.82 bits per heavy atom. The Balaban J connectivity index is 1.12. The molecule has 6 unspecified atom stereocenters. The molecule has 258 valence electrons. The minimum atomic E-state index is -4.56. The normalized spacial score (nSPS) is 26.7. The van der Waals surface area contributed by atoms with Crippen LogP contribution in [0.15, 0.2) is 52.3 Å². The highest BCUT2D eigenvalue weighted by molar-refractivity contribution is 8.00. The fourth-order valence-corrected chi connectivity index (χ4v) is 11.1. The van der Waals surface area contributed by atoms with Gasteiger partial charge in [0.25, 0.3) is 5.91 Å². The molecule has 2 aliphatic heterocycles. The van der Waals surface area contributed by atoms with Gasteiger partial charge in [-0.2, -0.15) is 13.2 Å². The summed E-state index contributed by atoms with van der Waals surface area (Å²) in [5, 5.41) is 12.1. The summed E-state index contributed by atoms with van der Waals surface area (Å²) in [5.74, 6) is -3.26. The number of nitrogens with zero attached hydrogens (tertiary/aromatic N) is 1. The minimum absolute atomic E-state index is 0.0318. The van der Waals surface area contributed by atoms with E-state index in [0.29, 0.717) is 12.2 Å². The second-order valence-electron chi connectivity index (χ2n) is 12.6. The number of rotatable bonds is 10. The van der Waals surface area contributed by atoms with E-state index in [0.717, 1.165) is 38.9 Å². The summed E-state index contributed by atoms with van der Waals surface area (Å²) < 4.78 is 50.6. The molecule has 7 rings (SSSR count). The average Bonchev–Trinajstić information content (AvgIpc) is 3.79. The van der Waals surface area contributed by atoms with Gasteiger partial charge in [0.2, 0.25) is 11.8 Å².